The summed E-state index contributed by atoms with van der Waals surface area (Å²) in [5.41, 5.74) is 16.2. The van der Waals surface area contributed by atoms with Gasteiger partial charge in [-0.05, 0) is 73.9 Å². The molecule has 0 radical (unpaired) electrons. The largest absolute Gasteiger partial charge is 0.483 e. The number of piperidine rings is 1. The minimum Gasteiger partial charge on any atom is -0.483 e. The fourth-order valence-corrected chi connectivity index (χ4v) is 5.14. The van der Waals surface area contributed by atoms with Gasteiger partial charge in [0.2, 0.25) is 5.91 Å². The number of carbonyl (C=O) groups excluding carboxylic acids is 3. The predicted molar refractivity (Wildman–Crippen MR) is 133 cm³/mol. The molecule has 0 bridgehead atoms. The molecule has 8 heteroatoms. The Bertz CT molecular complexity index is 1030. The summed E-state index contributed by atoms with van der Waals surface area (Å²) in [6.45, 7) is 10.4. The molecule has 3 rings (SSSR count). The SMILES string of the molecule is CC(=O)N1CCC(c2cc(C)c(OCC(N)=O)c(C)c2)(c2cc(C)c(OCC(N)=O)c(C)c2)CC1. The smallest absolute Gasteiger partial charge is 0.255 e. The second kappa shape index (κ2) is 10.4. The first-order chi connectivity index (χ1) is 16.4. The van der Waals surface area contributed by atoms with Gasteiger partial charge in [-0.2, -0.15) is 0 Å². The Morgan fingerprint density at radius 1 is 0.771 bits per heavy atom. The molecule has 2 aromatic rings. The lowest BCUT2D eigenvalue weighted by Crippen LogP contribution is -2.45. The van der Waals surface area contributed by atoms with Gasteiger partial charge in [-0.25, -0.2) is 0 Å². The number of amides is 3. The van der Waals surface area contributed by atoms with Crippen LogP contribution in [0.25, 0.3) is 0 Å². The summed E-state index contributed by atoms with van der Waals surface area (Å²) >= 11 is 0. The number of hydrogen-bond donors (Lipinski definition) is 2. The lowest BCUT2D eigenvalue weighted by molar-refractivity contribution is -0.130. The van der Waals surface area contributed by atoms with Gasteiger partial charge in [0.25, 0.3) is 11.8 Å². The summed E-state index contributed by atoms with van der Waals surface area (Å²) in [5, 5.41) is 0. The van der Waals surface area contributed by atoms with Crippen LogP contribution in [0.15, 0.2) is 24.3 Å². The molecule has 188 valence electrons. The molecule has 1 saturated heterocycles. The van der Waals surface area contributed by atoms with E-state index in [9.17, 15) is 14.4 Å². The number of hydrogen-bond acceptors (Lipinski definition) is 5. The van der Waals surface area contributed by atoms with E-state index in [2.05, 4.69) is 24.3 Å². The molecule has 0 aliphatic carbocycles. The molecule has 0 aromatic heterocycles. The molecule has 2 aromatic carbocycles. The fourth-order valence-electron chi connectivity index (χ4n) is 5.14. The zero-order chi connectivity index (χ0) is 25.9. The van der Waals surface area contributed by atoms with Crippen molar-refractivity contribution in [3.63, 3.8) is 0 Å². The molecule has 1 aliphatic rings. The highest BCUT2D eigenvalue weighted by atomic mass is 16.5. The summed E-state index contributed by atoms with van der Waals surface area (Å²) in [6, 6.07) is 8.42. The van der Waals surface area contributed by atoms with Crippen LogP contribution in [0.1, 0.15) is 53.1 Å². The van der Waals surface area contributed by atoms with Crippen LogP contribution in [0, 0.1) is 27.7 Å². The van der Waals surface area contributed by atoms with Crippen molar-refractivity contribution in [2.45, 2.75) is 52.9 Å². The van der Waals surface area contributed by atoms with E-state index in [0.717, 1.165) is 46.2 Å². The van der Waals surface area contributed by atoms with Crippen LogP contribution in [-0.2, 0) is 19.8 Å². The number of carbonyl (C=O) groups is 3. The monoisotopic (exact) mass is 481 g/mol. The van der Waals surface area contributed by atoms with E-state index in [4.69, 9.17) is 20.9 Å². The van der Waals surface area contributed by atoms with Crippen LogP contribution in [0.3, 0.4) is 0 Å². The van der Waals surface area contributed by atoms with Crippen molar-refractivity contribution >= 4 is 17.7 Å². The Kier molecular flexibility index (Phi) is 7.73. The Hall–Kier alpha value is -3.55. The quantitative estimate of drug-likeness (QED) is 0.600. The van der Waals surface area contributed by atoms with E-state index in [-0.39, 0.29) is 24.5 Å². The molecule has 1 heterocycles. The molecule has 8 nitrogen and oxygen atoms in total. The number of benzene rings is 2. The molecule has 1 aliphatic heterocycles. The topological polar surface area (TPSA) is 125 Å². The lowest BCUT2D eigenvalue weighted by Gasteiger charge is -2.43. The van der Waals surface area contributed by atoms with Gasteiger partial charge in [-0.1, -0.05) is 24.3 Å². The van der Waals surface area contributed by atoms with Gasteiger partial charge >= 0.3 is 0 Å². The molecular formula is C27H35N3O5. The van der Waals surface area contributed by atoms with Crippen molar-refractivity contribution in [2.24, 2.45) is 11.5 Å². The van der Waals surface area contributed by atoms with Gasteiger partial charge in [-0.3, -0.25) is 14.4 Å². The van der Waals surface area contributed by atoms with Gasteiger partial charge in [0.05, 0.1) is 0 Å². The first-order valence-corrected chi connectivity index (χ1v) is 11.8. The maximum Gasteiger partial charge on any atom is 0.255 e. The van der Waals surface area contributed by atoms with Crippen molar-refractivity contribution in [1.29, 1.82) is 0 Å². The summed E-state index contributed by atoms with van der Waals surface area (Å²) in [4.78, 5) is 36.4. The average Bonchev–Trinajstić information content (AvgIpc) is 2.77. The standard InChI is InChI=1S/C27H35N3O5/c1-16-10-21(11-17(2)25(16)34-14-23(28)32)27(6-8-30(9-7-27)20(5)31)22-12-18(3)26(19(4)13-22)35-15-24(29)33/h10-13H,6-9,14-15H2,1-5H3,(H2,28,32)(H2,29,33). The molecular weight excluding hydrogens is 446 g/mol. The van der Waals surface area contributed by atoms with Crippen LogP contribution >= 0.6 is 0 Å². The second-order valence-electron chi connectivity index (χ2n) is 9.48. The van der Waals surface area contributed by atoms with E-state index in [1.165, 1.54) is 0 Å². The highest BCUT2D eigenvalue weighted by molar-refractivity contribution is 5.76. The molecule has 4 N–H and O–H groups in total. The van der Waals surface area contributed by atoms with E-state index in [1.54, 1.807) is 6.92 Å². The summed E-state index contributed by atoms with van der Waals surface area (Å²) in [7, 11) is 0. The molecule has 0 unspecified atom stereocenters. The number of rotatable bonds is 8. The zero-order valence-electron chi connectivity index (χ0n) is 21.2. The third-order valence-corrected chi connectivity index (χ3v) is 6.81. The van der Waals surface area contributed by atoms with Gasteiger partial charge in [-0.15, -0.1) is 0 Å². The maximum absolute atomic E-state index is 12.1. The van der Waals surface area contributed by atoms with Crippen LogP contribution in [0.5, 0.6) is 11.5 Å². The highest BCUT2D eigenvalue weighted by Gasteiger charge is 2.39. The third-order valence-electron chi connectivity index (χ3n) is 6.81. The van der Waals surface area contributed by atoms with Crippen molar-refractivity contribution in [2.75, 3.05) is 26.3 Å². The number of ether oxygens (including phenoxy) is 2. The minimum absolute atomic E-state index is 0.0729. The van der Waals surface area contributed by atoms with E-state index < -0.39 is 11.8 Å². The van der Waals surface area contributed by atoms with Crippen LogP contribution in [-0.4, -0.2) is 48.9 Å². The van der Waals surface area contributed by atoms with Crippen LogP contribution < -0.4 is 20.9 Å². The molecule has 3 amide bonds. The van der Waals surface area contributed by atoms with E-state index in [0.29, 0.717) is 24.6 Å². The van der Waals surface area contributed by atoms with Gasteiger partial charge in [0.1, 0.15) is 11.5 Å². The third kappa shape index (κ3) is 5.58. The molecule has 1 fully saturated rings. The predicted octanol–water partition coefficient (Wildman–Crippen LogP) is 2.58. The normalized spacial score (nSPS) is 14.9. The average molecular weight is 482 g/mol. The highest BCUT2D eigenvalue weighted by Crippen LogP contribution is 2.45. The van der Waals surface area contributed by atoms with Crippen LogP contribution in [0.4, 0.5) is 0 Å². The van der Waals surface area contributed by atoms with Gasteiger partial charge in [0.15, 0.2) is 13.2 Å². The minimum atomic E-state index is -0.523. The van der Waals surface area contributed by atoms with Crippen molar-refractivity contribution in [3.05, 3.63) is 57.6 Å². The Morgan fingerprint density at radius 3 is 1.40 bits per heavy atom. The van der Waals surface area contributed by atoms with Crippen LogP contribution in [0.2, 0.25) is 0 Å². The summed E-state index contributed by atoms with van der Waals surface area (Å²) < 4.78 is 11.4. The van der Waals surface area contributed by atoms with E-state index in [1.807, 2.05) is 32.6 Å². The molecule has 35 heavy (non-hydrogen) atoms. The summed E-state index contributed by atoms with van der Waals surface area (Å²) in [6.07, 6.45) is 1.51. The number of nitrogens with two attached hydrogens (primary N) is 2. The lowest BCUT2D eigenvalue weighted by atomic mass is 9.67. The van der Waals surface area contributed by atoms with Gasteiger partial charge in [0, 0.05) is 25.4 Å². The first-order valence-electron chi connectivity index (χ1n) is 11.8. The Balaban J connectivity index is 2.10. The van der Waals surface area contributed by atoms with Gasteiger partial charge < -0.3 is 25.8 Å². The fraction of sp³-hybridized carbons (Fsp3) is 0.444. The first kappa shape index (κ1) is 26.1. The summed E-state index contributed by atoms with van der Waals surface area (Å²) in [5.74, 6) is 0.345. The molecule has 0 atom stereocenters. The number of aryl methyl sites for hydroxylation is 4. The van der Waals surface area contributed by atoms with E-state index >= 15 is 0 Å². The second-order valence-corrected chi connectivity index (χ2v) is 9.48. The number of likely N-dealkylation sites (tertiary alicyclic amines) is 1. The Labute approximate surface area is 206 Å². The number of nitrogens with zero attached hydrogens (tertiary/aromatic N) is 1. The van der Waals surface area contributed by atoms with Crippen molar-refractivity contribution in [1.82, 2.24) is 4.90 Å². The molecule has 0 spiro atoms. The zero-order valence-corrected chi connectivity index (χ0v) is 21.2. The van der Waals surface area contributed by atoms with Crippen molar-refractivity contribution < 1.29 is 23.9 Å². The Morgan fingerprint density at radius 2 is 1.11 bits per heavy atom. The molecule has 0 saturated carbocycles. The van der Waals surface area contributed by atoms with Crippen molar-refractivity contribution in [3.8, 4) is 11.5 Å². The maximum atomic E-state index is 12.1. The number of primary amides is 2.